The van der Waals surface area contributed by atoms with E-state index in [0.717, 1.165) is 18.6 Å². The van der Waals surface area contributed by atoms with Crippen LogP contribution in [-0.2, 0) is 15.9 Å². The molecule has 122 valence electrons. The van der Waals surface area contributed by atoms with E-state index in [-0.39, 0.29) is 18.1 Å². The van der Waals surface area contributed by atoms with Crippen molar-refractivity contribution in [3.05, 3.63) is 12.4 Å². The van der Waals surface area contributed by atoms with Crippen molar-refractivity contribution < 1.29 is 9.31 Å². The van der Waals surface area contributed by atoms with Crippen LogP contribution in [0.2, 0.25) is 0 Å². The lowest BCUT2D eigenvalue weighted by Crippen LogP contribution is -2.58. The third kappa shape index (κ3) is 3.24. The van der Waals surface area contributed by atoms with Crippen LogP contribution in [0.1, 0.15) is 40.5 Å². The molecule has 2 fully saturated rings. The molecule has 2 saturated heterocycles. The maximum absolute atomic E-state index is 6.18. The minimum absolute atomic E-state index is 0.00917. The molecule has 0 radical (unpaired) electrons. The first kappa shape index (κ1) is 16.0. The van der Waals surface area contributed by atoms with Crippen LogP contribution in [0.15, 0.2) is 12.4 Å². The SMILES string of the molecule is CC1(C)COB(c2cnn(CCN3CCCC3)c2)OC1(C)C. The molecule has 6 heteroatoms. The van der Waals surface area contributed by atoms with E-state index in [9.17, 15) is 0 Å². The van der Waals surface area contributed by atoms with Crippen LogP contribution in [-0.4, -0.2) is 53.6 Å². The molecule has 2 aliphatic heterocycles. The summed E-state index contributed by atoms with van der Waals surface area (Å²) in [5, 5.41) is 4.47. The molecule has 0 saturated carbocycles. The first-order chi connectivity index (χ1) is 10.4. The number of likely N-dealkylation sites (tertiary alicyclic amines) is 1. The Bertz CT molecular complexity index is 509. The topological polar surface area (TPSA) is 39.5 Å². The smallest absolute Gasteiger partial charge is 0.407 e. The molecule has 0 atom stereocenters. The Morgan fingerprint density at radius 1 is 1.18 bits per heavy atom. The summed E-state index contributed by atoms with van der Waals surface area (Å²) in [7, 11) is -0.302. The van der Waals surface area contributed by atoms with Gasteiger partial charge < -0.3 is 14.2 Å². The van der Waals surface area contributed by atoms with E-state index in [4.69, 9.17) is 9.31 Å². The molecular weight excluding hydrogens is 277 g/mol. The van der Waals surface area contributed by atoms with Gasteiger partial charge >= 0.3 is 7.12 Å². The summed E-state index contributed by atoms with van der Waals surface area (Å²) in [6, 6.07) is 0. The average molecular weight is 305 g/mol. The van der Waals surface area contributed by atoms with Gasteiger partial charge in [-0.15, -0.1) is 0 Å². The van der Waals surface area contributed by atoms with Crippen LogP contribution in [0.5, 0.6) is 0 Å². The molecule has 0 N–H and O–H groups in total. The fourth-order valence-electron chi connectivity index (χ4n) is 2.96. The molecule has 0 amide bonds. The third-order valence-corrected chi connectivity index (χ3v) is 5.40. The molecule has 0 spiro atoms. The second-order valence-electron chi connectivity index (χ2n) is 7.74. The predicted octanol–water partition coefficient (Wildman–Crippen LogP) is 1.53. The zero-order chi connectivity index (χ0) is 15.8. The van der Waals surface area contributed by atoms with E-state index < -0.39 is 0 Å². The Labute approximate surface area is 134 Å². The van der Waals surface area contributed by atoms with Gasteiger partial charge in [-0.05, 0) is 39.8 Å². The number of hydrogen-bond donors (Lipinski definition) is 0. The van der Waals surface area contributed by atoms with Gasteiger partial charge in [-0.1, -0.05) is 13.8 Å². The number of nitrogens with zero attached hydrogens (tertiary/aromatic N) is 3. The van der Waals surface area contributed by atoms with Gasteiger partial charge in [0, 0.05) is 36.4 Å². The summed E-state index contributed by atoms with van der Waals surface area (Å²) in [6.45, 7) is 13.8. The normalized spacial score (nSPS) is 24.8. The Morgan fingerprint density at radius 2 is 1.91 bits per heavy atom. The number of hydrogen-bond acceptors (Lipinski definition) is 4. The van der Waals surface area contributed by atoms with Gasteiger partial charge in [0.2, 0.25) is 0 Å². The highest BCUT2D eigenvalue weighted by Gasteiger charge is 2.47. The molecule has 22 heavy (non-hydrogen) atoms. The summed E-state index contributed by atoms with van der Waals surface area (Å²) in [5.74, 6) is 0. The fraction of sp³-hybridized carbons (Fsp3) is 0.812. The Morgan fingerprint density at radius 3 is 2.59 bits per heavy atom. The van der Waals surface area contributed by atoms with E-state index in [1.165, 1.54) is 25.9 Å². The molecular formula is C16H28BN3O2. The lowest BCUT2D eigenvalue weighted by molar-refractivity contribution is -0.0937. The molecule has 0 unspecified atom stereocenters. The van der Waals surface area contributed by atoms with Gasteiger partial charge in [-0.25, -0.2) is 0 Å². The van der Waals surface area contributed by atoms with Gasteiger partial charge in [0.25, 0.3) is 0 Å². The summed E-state index contributed by atoms with van der Waals surface area (Å²) in [4.78, 5) is 2.50. The minimum atomic E-state index is -0.302. The quantitative estimate of drug-likeness (QED) is 0.791. The molecule has 3 rings (SSSR count). The first-order valence-electron chi connectivity index (χ1n) is 8.42. The van der Waals surface area contributed by atoms with E-state index in [0.29, 0.717) is 6.61 Å². The van der Waals surface area contributed by atoms with Crippen molar-refractivity contribution in [2.24, 2.45) is 5.41 Å². The average Bonchev–Trinajstić information content (AvgIpc) is 3.10. The highest BCUT2D eigenvalue weighted by atomic mass is 16.6. The summed E-state index contributed by atoms with van der Waals surface area (Å²) in [6.07, 6.45) is 6.61. The number of rotatable bonds is 4. The lowest BCUT2D eigenvalue weighted by atomic mass is 9.70. The maximum Gasteiger partial charge on any atom is 0.497 e. The Hall–Kier alpha value is -0.845. The van der Waals surface area contributed by atoms with E-state index in [1.54, 1.807) is 0 Å². The fourth-order valence-corrected chi connectivity index (χ4v) is 2.96. The van der Waals surface area contributed by atoms with E-state index in [1.807, 2.05) is 10.9 Å². The highest BCUT2D eigenvalue weighted by molar-refractivity contribution is 6.61. The van der Waals surface area contributed by atoms with Crippen molar-refractivity contribution in [3.63, 3.8) is 0 Å². The molecule has 0 aromatic carbocycles. The van der Waals surface area contributed by atoms with Crippen LogP contribution >= 0.6 is 0 Å². The predicted molar refractivity (Wildman–Crippen MR) is 88.2 cm³/mol. The standard InChI is InChI=1S/C16H28BN3O2/c1-15(2)13-21-17(22-16(15,3)4)14-11-18-20(12-14)10-9-19-7-5-6-8-19/h11-12H,5-10,13H2,1-4H3. The van der Waals surface area contributed by atoms with Crippen molar-refractivity contribution in [1.82, 2.24) is 14.7 Å². The van der Waals surface area contributed by atoms with Crippen LogP contribution in [0.4, 0.5) is 0 Å². The summed E-state index contributed by atoms with van der Waals surface area (Å²) in [5.41, 5.74) is 0.813. The monoisotopic (exact) mass is 305 g/mol. The Balaban J connectivity index is 1.59. The molecule has 0 aliphatic carbocycles. The third-order valence-electron chi connectivity index (χ3n) is 5.40. The van der Waals surface area contributed by atoms with Gasteiger partial charge in [0.15, 0.2) is 0 Å². The van der Waals surface area contributed by atoms with Crippen LogP contribution in [0.25, 0.3) is 0 Å². The summed E-state index contributed by atoms with van der Waals surface area (Å²) >= 11 is 0. The lowest BCUT2D eigenvalue weighted by Gasteiger charge is -2.47. The van der Waals surface area contributed by atoms with Gasteiger partial charge in [-0.3, -0.25) is 4.68 Å². The van der Waals surface area contributed by atoms with Crippen molar-refractivity contribution in [1.29, 1.82) is 0 Å². The zero-order valence-corrected chi connectivity index (χ0v) is 14.3. The molecule has 2 aliphatic rings. The van der Waals surface area contributed by atoms with E-state index in [2.05, 4.69) is 43.9 Å². The van der Waals surface area contributed by atoms with Crippen LogP contribution in [0.3, 0.4) is 0 Å². The molecule has 0 bridgehead atoms. The zero-order valence-electron chi connectivity index (χ0n) is 14.3. The van der Waals surface area contributed by atoms with E-state index >= 15 is 0 Å². The molecule has 3 heterocycles. The van der Waals surface area contributed by atoms with Gasteiger partial charge in [0.1, 0.15) is 0 Å². The highest BCUT2D eigenvalue weighted by Crippen LogP contribution is 2.37. The van der Waals surface area contributed by atoms with Crippen molar-refractivity contribution in [2.75, 3.05) is 26.2 Å². The largest absolute Gasteiger partial charge is 0.497 e. The van der Waals surface area contributed by atoms with Crippen LogP contribution < -0.4 is 5.46 Å². The first-order valence-corrected chi connectivity index (χ1v) is 8.42. The van der Waals surface area contributed by atoms with Gasteiger partial charge in [0.05, 0.1) is 12.1 Å². The van der Waals surface area contributed by atoms with Crippen molar-refractivity contribution in [2.45, 2.75) is 52.7 Å². The second kappa shape index (κ2) is 5.98. The molecule has 5 nitrogen and oxygen atoms in total. The van der Waals surface area contributed by atoms with Crippen molar-refractivity contribution in [3.8, 4) is 0 Å². The number of aromatic nitrogens is 2. The Kier molecular flexibility index (Phi) is 4.36. The second-order valence-corrected chi connectivity index (χ2v) is 7.74. The summed E-state index contributed by atoms with van der Waals surface area (Å²) < 4.78 is 14.1. The van der Waals surface area contributed by atoms with Crippen molar-refractivity contribution >= 4 is 12.6 Å². The van der Waals surface area contributed by atoms with Gasteiger partial charge in [-0.2, -0.15) is 5.10 Å². The molecule has 1 aromatic rings. The minimum Gasteiger partial charge on any atom is -0.407 e. The van der Waals surface area contributed by atoms with Crippen LogP contribution in [0, 0.1) is 5.41 Å². The maximum atomic E-state index is 6.18. The molecule has 1 aromatic heterocycles.